The molecule has 9 heteroatoms. The van der Waals surface area contributed by atoms with Crippen LogP contribution in [0.25, 0.3) is 0 Å². The summed E-state index contributed by atoms with van der Waals surface area (Å²) in [5.41, 5.74) is 1.91. The second-order valence-electron chi connectivity index (χ2n) is 8.05. The van der Waals surface area contributed by atoms with Crippen molar-refractivity contribution >= 4 is 27.5 Å². The SMILES string of the molecule is Cc1ccccc1NS(=O)(=O)c1ccc(C(=O)N2CCN(C(=O)c3ccccc3O)CC2)cc1. The Hall–Kier alpha value is -3.85. The number of piperazine rings is 1. The van der Waals surface area contributed by atoms with Crippen LogP contribution in [0.2, 0.25) is 0 Å². The monoisotopic (exact) mass is 479 g/mol. The molecule has 0 saturated carbocycles. The number of anilines is 1. The first-order valence-electron chi connectivity index (χ1n) is 10.8. The van der Waals surface area contributed by atoms with Crippen molar-refractivity contribution in [1.29, 1.82) is 0 Å². The maximum Gasteiger partial charge on any atom is 0.261 e. The van der Waals surface area contributed by atoms with Gasteiger partial charge in [0.2, 0.25) is 0 Å². The van der Waals surface area contributed by atoms with Gasteiger partial charge >= 0.3 is 0 Å². The largest absolute Gasteiger partial charge is 0.507 e. The van der Waals surface area contributed by atoms with Gasteiger partial charge in [0.25, 0.3) is 21.8 Å². The molecule has 4 rings (SSSR count). The minimum absolute atomic E-state index is 0.0605. The number of carbonyl (C=O) groups is 2. The zero-order valence-electron chi connectivity index (χ0n) is 18.6. The highest BCUT2D eigenvalue weighted by atomic mass is 32.2. The van der Waals surface area contributed by atoms with E-state index in [0.717, 1.165) is 5.56 Å². The van der Waals surface area contributed by atoms with Crippen molar-refractivity contribution in [2.45, 2.75) is 11.8 Å². The van der Waals surface area contributed by atoms with Gasteiger partial charge < -0.3 is 14.9 Å². The summed E-state index contributed by atoms with van der Waals surface area (Å²) >= 11 is 0. The van der Waals surface area contributed by atoms with Gasteiger partial charge in [0, 0.05) is 31.7 Å². The lowest BCUT2D eigenvalue weighted by molar-refractivity contribution is 0.0533. The summed E-state index contributed by atoms with van der Waals surface area (Å²) < 4.78 is 28.0. The molecule has 1 saturated heterocycles. The third kappa shape index (κ3) is 4.89. The molecule has 3 aromatic rings. The van der Waals surface area contributed by atoms with Crippen molar-refractivity contribution in [3.63, 3.8) is 0 Å². The number of aryl methyl sites for hydroxylation is 1. The molecule has 0 aliphatic carbocycles. The number of hydrogen-bond donors (Lipinski definition) is 2. The van der Waals surface area contributed by atoms with Crippen LogP contribution in [0.1, 0.15) is 26.3 Å². The second kappa shape index (κ2) is 9.56. The lowest BCUT2D eigenvalue weighted by atomic mass is 10.1. The Balaban J connectivity index is 1.39. The van der Waals surface area contributed by atoms with Gasteiger partial charge in [-0.25, -0.2) is 8.42 Å². The highest BCUT2D eigenvalue weighted by Crippen LogP contribution is 2.21. The summed E-state index contributed by atoms with van der Waals surface area (Å²) in [4.78, 5) is 28.9. The fourth-order valence-electron chi connectivity index (χ4n) is 3.79. The average molecular weight is 480 g/mol. The van der Waals surface area contributed by atoms with Crippen LogP contribution in [0.3, 0.4) is 0 Å². The minimum Gasteiger partial charge on any atom is -0.507 e. The van der Waals surface area contributed by atoms with Gasteiger partial charge in [-0.15, -0.1) is 0 Å². The van der Waals surface area contributed by atoms with E-state index in [4.69, 9.17) is 0 Å². The number of sulfonamides is 1. The molecule has 0 atom stereocenters. The molecular formula is C25H25N3O5S. The summed E-state index contributed by atoms with van der Waals surface area (Å²) in [6.07, 6.45) is 0. The molecule has 0 unspecified atom stereocenters. The molecule has 8 nitrogen and oxygen atoms in total. The molecule has 0 spiro atoms. The van der Waals surface area contributed by atoms with Crippen LogP contribution < -0.4 is 4.72 Å². The summed E-state index contributed by atoms with van der Waals surface area (Å²) in [7, 11) is -3.79. The van der Waals surface area contributed by atoms with E-state index in [1.54, 1.807) is 40.1 Å². The molecule has 1 aliphatic heterocycles. The van der Waals surface area contributed by atoms with Gasteiger partial charge in [-0.3, -0.25) is 14.3 Å². The van der Waals surface area contributed by atoms with E-state index in [1.165, 1.54) is 30.3 Å². The van der Waals surface area contributed by atoms with E-state index in [9.17, 15) is 23.1 Å². The minimum atomic E-state index is -3.79. The van der Waals surface area contributed by atoms with Crippen LogP contribution in [0.15, 0.2) is 77.7 Å². The summed E-state index contributed by atoms with van der Waals surface area (Å²) in [6.45, 7) is 3.17. The Bertz CT molecular complexity index is 1310. The molecule has 0 aromatic heterocycles. The number of carbonyl (C=O) groups excluding carboxylic acids is 2. The highest BCUT2D eigenvalue weighted by Gasteiger charge is 2.27. The molecule has 1 fully saturated rings. The zero-order valence-corrected chi connectivity index (χ0v) is 19.5. The number of nitrogens with zero attached hydrogens (tertiary/aromatic N) is 2. The predicted molar refractivity (Wildman–Crippen MR) is 128 cm³/mol. The van der Waals surface area contributed by atoms with Crippen LogP contribution in [0, 0.1) is 6.92 Å². The van der Waals surface area contributed by atoms with Crippen LogP contribution in [-0.4, -0.2) is 61.3 Å². The Labute approximate surface area is 198 Å². The molecule has 1 aliphatic rings. The van der Waals surface area contributed by atoms with Gasteiger partial charge in [-0.1, -0.05) is 30.3 Å². The molecule has 2 N–H and O–H groups in total. The number of benzene rings is 3. The number of phenols is 1. The van der Waals surface area contributed by atoms with E-state index in [-0.39, 0.29) is 28.0 Å². The van der Waals surface area contributed by atoms with E-state index < -0.39 is 10.0 Å². The lowest BCUT2D eigenvalue weighted by Gasteiger charge is -2.35. The van der Waals surface area contributed by atoms with Gasteiger partial charge in [0.1, 0.15) is 5.75 Å². The molecule has 1 heterocycles. The topological polar surface area (TPSA) is 107 Å². The van der Waals surface area contributed by atoms with Gasteiger partial charge in [-0.05, 0) is 55.0 Å². The molecule has 34 heavy (non-hydrogen) atoms. The normalized spacial score (nSPS) is 14.0. The summed E-state index contributed by atoms with van der Waals surface area (Å²) in [5.74, 6) is -0.579. The van der Waals surface area contributed by atoms with E-state index >= 15 is 0 Å². The molecule has 3 aromatic carbocycles. The van der Waals surface area contributed by atoms with Gasteiger partial charge in [0.15, 0.2) is 0 Å². The van der Waals surface area contributed by atoms with E-state index in [2.05, 4.69) is 4.72 Å². The predicted octanol–water partition coefficient (Wildman–Crippen LogP) is 3.10. The van der Waals surface area contributed by atoms with Gasteiger partial charge in [-0.2, -0.15) is 0 Å². The first-order valence-corrected chi connectivity index (χ1v) is 12.3. The van der Waals surface area contributed by atoms with Crippen molar-refractivity contribution in [3.8, 4) is 5.75 Å². The standard InChI is InChI=1S/C25H25N3O5S/c1-18-6-2-4-8-22(18)26-34(32,33)20-12-10-19(11-13-20)24(30)27-14-16-28(17-15-27)25(31)21-7-3-5-9-23(21)29/h2-13,26,29H,14-17H2,1H3. The number of nitrogens with one attached hydrogen (secondary N) is 1. The maximum absolute atomic E-state index is 12.9. The van der Waals surface area contributed by atoms with Crippen LogP contribution in [-0.2, 0) is 10.0 Å². The zero-order chi connectivity index (χ0) is 24.3. The third-order valence-corrected chi connectivity index (χ3v) is 7.17. The van der Waals surface area contributed by atoms with E-state index in [0.29, 0.717) is 37.4 Å². The number of phenolic OH excluding ortho intramolecular Hbond substituents is 1. The molecular weight excluding hydrogens is 454 g/mol. The van der Waals surface area contributed by atoms with Crippen LogP contribution in [0.5, 0.6) is 5.75 Å². The number of para-hydroxylation sites is 2. The van der Waals surface area contributed by atoms with Crippen LogP contribution in [0.4, 0.5) is 5.69 Å². The molecule has 0 radical (unpaired) electrons. The second-order valence-corrected chi connectivity index (χ2v) is 9.73. The highest BCUT2D eigenvalue weighted by molar-refractivity contribution is 7.92. The summed E-state index contributed by atoms with van der Waals surface area (Å²) in [5, 5.41) is 9.92. The number of rotatable bonds is 5. The quantitative estimate of drug-likeness (QED) is 0.585. The van der Waals surface area contributed by atoms with Crippen molar-refractivity contribution < 1.29 is 23.1 Å². The number of aromatic hydroxyl groups is 1. The molecule has 2 amide bonds. The average Bonchev–Trinajstić information content (AvgIpc) is 2.85. The van der Waals surface area contributed by atoms with Crippen molar-refractivity contribution in [1.82, 2.24) is 9.80 Å². The molecule has 0 bridgehead atoms. The number of amides is 2. The Kier molecular flexibility index (Phi) is 6.56. The van der Waals surface area contributed by atoms with E-state index in [1.807, 2.05) is 19.1 Å². The Morgan fingerprint density at radius 3 is 1.97 bits per heavy atom. The lowest BCUT2D eigenvalue weighted by Crippen LogP contribution is -2.50. The fourth-order valence-corrected chi connectivity index (χ4v) is 4.92. The fraction of sp³-hybridized carbons (Fsp3) is 0.200. The van der Waals surface area contributed by atoms with Crippen molar-refractivity contribution in [2.24, 2.45) is 0 Å². The van der Waals surface area contributed by atoms with Crippen molar-refractivity contribution in [3.05, 3.63) is 89.5 Å². The van der Waals surface area contributed by atoms with Crippen LogP contribution >= 0.6 is 0 Å². The Morgan fingerprint density at radius 2 is 1.35 bits per heavy atom. The third-order valence-electron chi connectivity index (χ3n) is 5.79. The summed E-state index contributed by atoms with van der Waals surface area (Å²) in [6, 6.07) is 19.3. The number of hydrogen-bond acceptors (Lipinski definition) is 5. The van der Waals surface area contributed by atoms with Gasteiger partial charge in [0.05, 0.1) is 16.1 Å². The smallest absolute Gasteiger partial charge is 0.261 e. The molecule has 176 valence electrons. The first kappa shape index (κ1) is 23.3. The Morgan fingerprint density at radius 1 is 0.794 bits per heavy atom. The first-order chi connectivity index (χ1) is 16.3. The van der Waals surface area contributed by atoms with Crippen molar-refractivity contribution in [2.75, 3.05) is 30.9 Å². The maximum atomic E-state index is 12.9.